The number of ether oxygens (including phenoxy) is 2. The van der Waals surface area contributed by atoms with Crippen LogP contribution in [0.5, 0.6) is 5.75 Å². The van der Waals surface area contributed by atoms with Crippen molar-refractivity contribution in [2.45, 2.75) is 38.8 Å². The van der Waals surface area contributed by atoms with Gasteiger partial charge in [-0.2, -0.15) is 0 Å². The van der Waals surface area contributed by atoms with Crippen LogP contribution >= 0.6 is 0 Å². The number of methoxy groups -OCH3 is 1. The third-order valence-corrected chi connectivity index (χ3v) is 2.69. The molecule has 0 bridgehead atoms. The summed E-state index contributed by atoms with van der Waals surface area (Å²) in [6.07, 6.45) is -1.25. The molecule has 1 atom stereocenters. The largest absolute Gasteiger partial charge is 0.506 e. The molecule has 0 aliphatic rings. The lowest BCUT2D eigenvalue weighted by molar-refractivity contribution is -0.137. The normalized spacial score (nSPS) is 13.1. The molecule has 0 unspecified atom stereocenters. The van der Waals surface area contributed by atoms with Crippen molar-refractivity contribution in [1.29, 1.82) is 0 Å². The second-order valence-electron chi connectivity index (χ2n) is 5.94. The Kier molecular flexibility index (Phi) is 6.58. The number of benzene rings is 1. The number of amides is 1. The lowest BCUT2D eigenvalue weighted by Gasteiger charge is -2.23. The fourth-order valence-electron chi connectivity index (χ4n) is 1.77. The number of hydrogen-bond acceptors (Lipinski definition) is 6. The molecule has 0 aromatic heterocycles. The molecule has 1 rings (SSSR count). The molecule has 0 aliphatic carbocycles. The van der Waals surface area contributed by atoms with Crippen LogP contribution < -0.4 is 5.32 Å². The zero-order chi connectivity index (χ0) is 18.3. The van der Waals surface area contributed by atoms with Gasteiger partial charge >= 0.3 is 12.1 Å². The standard InChI is InChI=1S/C16H22N2O6/c1-16(2,3)24-15(22)18-11(9-13(20)21)14(23-4)17-10-7-5-6-8-12(10)19/h5-8,11,19H,9H2,1-4H3,(H,18,22)(H,20,21)/t11-/m0/s1. The minimum absolute atomic E-state index is 0.0650. The predicted molar refractivity (Wildman–Crippen MR) is 87.6 cm³/mol. The van der Waals surface area contributed by atoms with Crippen molar-refractivity contribution in [3.63, 3.8) is 0 Å². The van der Waals surface area contributed by atoms with Gasteiger partial charge in [-0.25, -0.2) is 9.79 Å². The van der Waals surface area contributed by atoms with Gasteiger partial charge in [0.2, 0.25) is 5.90 Å². The molecular formula is C16H22N2O6. The SMILES string of the molecule is COC(=Nc1ccccc1O)[C@H](CC(=O)O)NC(=O)OC(C)(C)C. The average molecular weight is 338 g/mol. The molecular weight excluding hydrogens is 316 g/mol. The number of phenolic OH excluding ortho intramolecular Hbond substituents is 1. The molecule has 0 saturated carbocycles. The van der Waals surface area contributed by atoms with Crippen molar-refractivity contribution in [3.8, 4) is 5.75 Å². The number of carbonyl (C=O) groups is 2. The van der Waals surface area contributed by atoms with Gasteiger partial charge in [0.25, 0.3) is 0 Å². The summed E-state index contributed by atoms with van der Waals surface area (Å²) >= 11 is 0. The maximum absolute atomic E-state index is 11.9. The molecule has 0 heterocycles. The van der Waals surface area contributed by atoms with Crippen LogP contribution in [0.3, 0.4) is 0 Å². The van der Waals surface area contributed by atoms with Crippen molar-refractivity contribution in [2.24, 2.45) is 4.99 Å². The summed E-state index contributed by atoms with van der Waals surface area (Å²) in [4.78, 5) is 27.1. The molecule has 1 aromatic rings. The van der Waals surface area contributed by atoms with E-state index in [2.05, 4.69) is 10.3 Å². The Morgan fingerprint density at radius 2 is 1.92 bits per heavy atom. The van der Waals surface area contributed by atoms with E-state index in [1.54, 1.807) is 32.9 Å². The number of aromatic hydroxyl groups is 1. The van der Waals surface area contributed by atoms with Crippen molar-refractivity contribution < 1.29 is 29.3 Å². The number of aliphatic imine (C=N–C) groups is 1. The molecule has 1 aromatic carbocycles. The summed E-state index contributed by atoms with van der Waals surface area (Å²) in [5.41, 5.74) is -0.546. The van der Waals surface area contributed by atoms with Crippen LogP contribution in [-0.2, 0) is 14.3 Å². The van der Waals surface area contributed by atoms with E-state index in [1.807, 2.05) is 0 Å². The number of carboxylic acid groups (broad SMARTS) is 1. The lowest BCUT2D eigenvalue weighted by atomic mass is 10.2. The fraction of sp³-hybridized carbons (Fsp3) is 0.438. The van der Waals surface area contributed by atoms with E-state index in [0.717, 1.165) is 0 Å². The summed E-state index contributed by atoms with van der Waals surface area (Å²) in [5, 5.41) is 21.2. The Labute approximate surface area is 140 Å². The summed E-state index contributed by atoms with van der Waals surface area (Å²) < 4.78 is 10.2. The van der Waals surface area contributed by atoms with Gasteiger partial charge in [0.1, 0.15) is 23.1 Å². The Morgan fingerprint density at radius 3 is 2.42 bits per heavy atom. The van der Waals surface area contributed by atoms with Crippen molar-refractivity contribution in [2.75, 3.05) is 7.11 Å². The molecule has 132 valence electrons. The third-order valence-electron chi connectivity index (χ3n) is 2.69. The quantitative estimate of drug-likeness (QED) is 0.561. The number of para-hydroxylation sites is 2. The lowest BCUT2D eigenvalue weighted by Crippen LogP contribution is -2.45. The first-order valence-corrected chi connectivity index (χ1v) is 7.24. The van der Waals surface area contributed by atoms with Crippen LogP contribution in [0.15, 0.2) is 29.3 Å². The van der Waals surface area contributed by atoms with Gasteiger partial charge in [0, 0.05) is 0 Å². The average Bonchev–Trinajstić information content (AvgIpc) is 2.43. The molecule has 24 heavy (non-hydrogen) atoms. The van der Waals surface area contributed by atoms with Gasteiger partial charge in [0.05, 0.1) is 13.5 Å². The summed E-state index contributed by atoms with van der Waals surface area (Å²) in [7, 11) is 1.30. The number of rotatable bonds is 5. The van der Waals surface area contributed by atoms with Gasteiger partial charge in [-0.1, -0.05) is 12.1 Å². The van der Waals surface area contributed by atoms with Crippen LogP contribution in [0, 0.1) is 0 Å². The number of aliphatic carboxylic acids is 1. The minimum Gasteiger partial charge on any atom is -0.506 e. The summed E-state index contributed by atoms with van der Waals surface area (Å²) in [6, 6.07) is 5.18. The molecule has 0 aliphatic heterocycles. The van der Waals surface area contributed by atoms with Gasteiger partial charge in [-0.15, -0.1) is 0 Å². The van der Waals surface area contributed by atoms with E-state index < -0.39 is 30.1 Å². The maximum atomic E-state index is 11.9. The first kappa shape index (κ1) is 19.3. The molecule has 0 radical (unpaired) electrons. The molecule has 0 spiro atoms. The highest BCUT2D eigenvalue weighted by Gasteiger charge is 2.26. The number of phenols is 1. The second-order valence-corrected chi connectivity index (χ2v) is 5.94. The molecule has 0 fully saturated rings. The number of carbonyl (C=O) groups excluding carboxylic acids is 1. The zero-order valence-electron chi connectivity index (χ0n) is 14.1. The summed E-state index contributed by atoms with van der Waals surface area (Å²) in [5.74, 6) is -1.32. The maximum Gasteiger partial charge on any atom is 0.408 e. The highest BCUT2D eigenvalue weighted by atomic mass is 16.6. The minimum atomic E-state index is -1.15. The highest BCUT2D eigenvalue weighted by molar-refractivity contribution is 5.91. The highest BCUT2D eigenvalue weighted by Crippen LogP contribution is 2.25. The predicted octanol–water partition coefficient (Wildman–Crippen LogP) is 2.44. The van der Waals surface area contributed by atoms with E-state index in [-0.39, 0.29) is 17.3 Å². The number of hydrogen-bond donors (Lipinski definition) is 3. The van der Waals surface area contributed by atoms with E-state index in [1.165, 1.54) is 19.2 Å². The third kappa shape index (κ3) is 6.55. The van der Waals surface area contributed by atoms with E-state index >= 15 is 0 Å². The number of alkyl carbamates (subject to hydrolysis) is 1. The first-order chi connectivity index (χ1) is 11.1. The Balaban J connectivity index is 3.05. The Hall–Kier alpha value is -2.77. The number of carboxylic acids is 1. The van der Waals surface area contributed by atoms with Gasteiger partial charge in [-0.3, -0.25) is 4.79 Å². The fourth-order valence-corrected chi connectivity index (χ4v) is 1.77. The Bertz CT molecular complexity index is 621. The second kappa shape index (κ2) is 8.19. The van der Waals surface area contributed by atoms with E-state index in [4.69, 9.17) is 14.6 Å². The van der Waals surface area contributed by atoms with Gasteiger partial charge in [0.15, 0.2) is 0 Å². The van der Waals surface area contributed by atoms with Crippen LogP contribution in [0.25, 0.3) is 0 Å². The monoisotopic (exact) mass is 338 g/mol. The molecule has 8 nitrogen and oxygen atoms in total. The van der Waals surface area contributed by atoms with Crippen molar-refractivity contribution in [1.82, 2.24) is 5.32 Å². The number of nitrogens with one attached hydrogen (secondary N) is 1. The van der Waals surface area contributed by atoms with Crippen LogP contribution in [-0.4, -0.2) is 46.9 Å². The zero-order valence-corrected chi connectivity index (χ0v) is 14.1. The van der Waals surface area contributed by atoms with Crippen molar-refractivity contribution in [3.05, 3.63) is 24.3 Å². The van der Waals surface area contributed by atoms with E-state index in [0.29, 0.717) is 0 Å². The van der Waals surface area contributed by atoms with Crippen LogP contribution in [0.2, 0.25) is 0 Å². The molecule has 8 heteroatoms. The van der Waals surface area contributed by atoms with Crippen molar-refractivity contribution >= 4 is 23.6 Å². The molecule has 1 amide bonds. The summed E-state index contributed by atoms with van der Waals surface area (Å²) in [6.45, 7) is 5.06. The van der Waals surface area contributed by atoms with Crippen LogP contribution in [0.4, 0.5) is 10.5 Å². The topological polar surface area (TPSA) is 117 Å². The van der Waals surface area contributed by atoms with Gasteiger partial charge in [-0.05, 0) is 32.9 Å². The first-order valence-electron chi connectivity index (χ1n) is 7.24. The van der Waals surface area contributed by atoms with E-state index in [9.17, 15) is 14.7 Å². The Morgan fingerprint density at radius 1 is 1.29 bits per heavy atom. The molecule has 0 saturated heterocycles. The van der Waals surface area contributed by atoms with Crippen LogP contribution in [0.1, 0.15) is 27.2 Å². The number of nitrogens with zero attached hydrogens (tertiary/aromatic N) is 1. The molecule has 3 N–H and O–H groups in total. The smallest absolute Gasteiger partial charge is 0.408 e. The van der Waals surface area contributed by atoms with Gasteiger partial charge < -0.3 is 25.0 Å².